The van der Waals surface area contributed by atoms with Crippen molar-refractivity contribution in [1.29, 1.82) is 0 Å². The highest BCUT2D eigenvalue weighted by atomic mass is 16.2. The third-order valence-electron chi connectivity index (χ3n) is 5.68. The smallest absolute Gasteiger partial charge is 0.323 e. The van der Waals surface area contributed by atoms with E-state index in [2.05, 4.69) is 43.7 Å². The molecule has 0 unspecified atom stereocenters. The molecule has 4 aromatic rings. The van der Waals surface area contributed by atoms with Crippen molar-refractivity contribution in [2.45, 2.75) is 19.9 Å². The Labute approximate surface area is 174 Å². The maximum atomic E-state index is 12.6. The number of aryl methyl sites for hydroxylation is 1. The normalized spacial score (nSPS) is 12.8. The fourth-order valence-corrected chi connectivity index (χ4v) is 4.13. The maximum absolute atomic E-state index is 12.6. The maximum Gasteiger partial charge on any atom is 0.323 e. The molecule has 1 aliphatic heterocycles. The SMILES string of the molecule is Cc1ccccc1NC(=O)Nc1cccc2c1CCN2Cc1ccnc2[nH]ccc12. The number of nitrogens with one attached hydrogen (secondary N) is 3. The molecule has 5 rings (SSSR count). The summed E-state index contributed by atoms with van der Waals surface area (Å²) < 4.78 is 0. The lowest BCUT2D eigenvalue weighted by Crippen LogP contribution is -2.21. The standard InChI is InChI=1S/C24H23N5O/c1-16-5-2-3-6-20(16)27-24(30)28-21-7-4-8-22-19(21)11-14-29(22)15-17-9-12-25-23-18(17)10-13-26-23/h2-10,12-13H,11,14-15H2,1H3,(H,25,26)(H2,27,28,30). The first kappa shape index (κ1) is 18.2. The number of carbonyl (C=O) groups is 1. The van der Waals surface area contributed by atoms with Crippen LogP contribution in [0.3, 0.4) is 0 Å². The van der Waals surface area contributed by atoms with Crippen LogP contribution >= 0.6 is 0 Å². The van der Waals surface area contributed by atoms with Gasteiger partial charge in [-0.05, 0) is 54.8 Å². The molecule has 3 N–H and O–H groups in total. The molecule has 3 heterocycles. The number of benzene rings is 2. The Morgan fingerprint density at radius 3 is 2.80 bits per heavy atom. The Kier molecular flexibility index (Phi) is 4.59. The van der Waals surface area contributed by atoms with Crippen LogP contribution in [0.1, 0.15) is 16.7 Å². The van der Waals surface area contributed by atoms with Crippen molar-refractivity contribution in [2.75, 3.05) is 22.1 Å². The summed E-state index contributed by atoms with van der Waals surface area (Å²) in [6.45, 7) is 3.71. The molecule has 0 radical (unpaired) electrons. The molecule has 0 bridgehead atoms. The molecule has 30 heavy (non-hydrogen) atoms. The largest absolute Gasteiger partial charge is 0.367 e. The van der Waals surface area contributed by atoms with Gasteiger partial charge in [0.2, 0.25) is 0 Å². The van der Waals surface area contributed by atoms with Crippen molar-refractivity contribution in [3.63, 3.8) is 0 Å². The fourth-order valence-electron chi connectivity index (χ4n) is 4.13. The van der Waals surface area contributed by atoms with Crippen LogP contribution in [0.25, 0.3) is 11.0 Å². The molecule has 0 spiro atoms. The molecule has 0 atom stereocenters. The van der Waals surface area contributed by atoms with Crippen molar-refractivity contribution < 1.29 is 4.79 Å². The van der Waals surface area contributed by atoms with E-state index < -0.39 is 0 Å². The fraction of sp³-hybridized carbons (Fsp3) is 0.167. The molecule has 0 saturated heterocycles. The predicted octanol–water partition coefficient (Wildman–Crippen LogP) is 5.08. The van der Waals surface area contributed by atoms with Gasteiger partial charge in [0.1, 0.15) is 5.65 Å². The highest BCUT2D eigenvalue weighted by molar-refractivity contribution is 6.01. The Balaban J connectivity index is 1.35. The zero-order valence-corrected chi connectivity index (χ0v) is 16.8. The summed E-state index contributed by atoms with van der Waals surface area (Å²) in [5.41, 5.74) is 7.21. The van der Waals surface area contributed by atoms with Gasteiger partial charge in [-0.1, -0.05) is 24.3 Å². The van der Waals surface area contributed by atoms with E-state index >= 15 is 0 Å². The molecule has 2 aromatic heterocycles. The Hall–Kier alpha value is -3.80. The Bertz CT molecular complexity index is 1230. The van der Waals surface area contributed by atoms with Crippen LogP contribution in [-0.4, -0.2) is 22.5 Å². The van der Waals surface area contributed by atoms with Crippen LogP contribution in [-0.2, 0) is 13.0 Å². The minimum Gasteiger partial charge on any atom is -0.367 e. The average Bonchev–Trinajstić information content (AvgIpc) is 3.38. The molecular weight excluding hydrogens is 374 g/mol. The van der Waals surface area contributed by atoms with E-state index in [0.29, 0.717) is 0 Å². The summed E-state index contributed by atoms with van der Waals surface area (Å²) in [6, 6.07) is 17.8. The van der Waals surface area contributed by atoms with Gasteiger partial charge >= 0.3 is 6.03 Å². The van der Waals surface area contributed by atoms with Gasteiger partial charge in [-0.15, -0.1) is 0 Å². The van der Waals surface area contributed by atoms with E-state index in [4.69, 9.17) is 0 Å². The lowest BCUT2D eigenvalue weighted by atomic mass is 10.1. The molecule has 6 nitrogen and oxygen atoms in total. The number of rotatable bonds is 4. The van der Waals surface area contributed by atoms with Gasteiger partial charge in [0.15, 0.2) is 0 Å². The minimum atomic E-state index is -0.223. The van der Waals surface area contributed by atoms with Gasteiger partial charge in [-0.3, -0.25) is 0 Å². The second-order valence-electron chi connectivity index (χ2n) is 7.58. The summed E-state index contributed by atoms with van der Waals surface area (Å²) in [7, 11) is 0. The summed E-state index contributed by atoms with van der Waals surface area (Å²) in [6.07, 6.45) is 4.67. The molecule has 1 aliphatic rings. The molecule has 0 fully saturated rings. The van der Waals surface area contributed by atoms with E-state index in [1.54, 1.807) is 0 Å². The average molecular weight is 397 g/mol. The van der Waals surface area contributed by atoms with Gasteiger partial charge in [0.05, 0.1) is 0 Å². The van der Waals surface area contributed by atoms with E-state index in [9.17, 15) is 4.79 Å². The Morgan fingerprint density at radius 1 is 1.07 bits per heavy atom. The minimum absolute atomic E-state index is 0.223. The number of para-hydroxylation sites is 1. The Morgan fingerprint density at radius 2 is 1.90 bits per heavy atom. The number of urea groups is 1. The van der Waals surface area contributed by atoms with Crippen LogP contribution in [0.2, 0.25) is 0 Å². The lowest BCUT2D eigenvalue weighted by molar-refractivity contribution is 0.262. The van der Waals surface area contributed by atoms with Crippen LogP contribution in [0.15, 0.2) is 67.0 Å². The van der Waals surface area contributed by atoms with Crippen LogP contribution in [0.5, 0.6) is 0 Å². The molecule has 2 amide bonds. The third-order valence-corrected chi connectivity index (χ3v) is 5.68. The quantitative estimate of drug-likeness (QED) is 0.450. The number of fused-ring (bicyclic) bond motifs is 2. The van der Waals surface area contributed by atoms with Crippen molar-refractivity contribution >= 4 is 34.1 Å². The first-order valence-electron chi connectivity index (χ1n) is 10.1. The van der Waals surface area contributed by atoms with Gasteiger partial charge < -0.3 is 20.5 Å². The molecule has 150 valence electrons. The number of H-pyrrole nitrogens is 1. The highest BCUT2D eigenvalue weighted by Gasteiger charge is 2.23. The number of carbonyl (C=O) groups excluding carboxylic acids is 1. The summed E-state index contributed by atoms with van der Waals surface area (Å²) >= 11 is 0. The van der Waals surface area contributed by atoms with E-state index in [1.165, 1.54) is 16.8 Å². The second kappa shape index (κ2) is 7.55. The van der Waals surface area contributed by atoms with Gasteiger partial charge in [-0.2, -0.15) is 0 Å². The van der Waals surface area contributed by atoms with Crippen LogP contribution in [0.4, 0.5) is 21.9 Å². The van der Waals surface area contributed by atoms with Crippen molar-refractivity contribution in [2.24, 2.45) is 0 Å². The first-order chi connectivity index (χ1) is 14.7. The second-order valence-corrected chi connectivity index (χ2v) is 7.58. The summed E-state index contributed by atoms with van der Waals surface area (Å²) in [4.78, 5) is 22.5. The number of hydrogen-bond donors (Lipinski definition) is 3. The van der Waals surface area contributed by atoms with Gasteiger partial charge in [0, 0.05) is 53.5 Å². The number of anilines is 3. The van der Waals surface area contributed by atoms with Crippen LogP contribution < -0.4 is 15.5 Å². The third kappa shape index (κ3) is 3.37. The van der Waals surface area contributed by atoms with Crippen molar-refractivity contribution in [1.82, 2.24) is 9.97 Å². The zero-order valence-electron chi connectivity index (χ0n) is 16.8. The number of aromatic amines is 1. The zero-order chi connectivity index (χ0) is 20.5. The van der Waals surface area contributed by atoms with Crippen LogP contribution in [0, 0.1) is 6.92 Å². The summed E-state index contributed by atoms with van der Waals surface area (Å²) in [5, 5.41) is 7.13. The van der Waals surface area contributed by atoms with Gasteiger partial charge in [0.25, 0.3) is 0 Å². The number of hydrogen-bond acceptors (Lipinski definition) is 3. The topological polar surface area (TPSA) is 73.1 Å². The number of aromatic nitrogens is 2. The van der Waals surface area contributed by atoms with E-state index in [0.717, 1.165) is 47.5 Å². The predicted molar refractivity (Wildman–Crippen MR) is 121 cm³/mol. The molecule has 0 saturated carbocycles. The van der Waals surface area contributed by atoms with Crippen molar-refractivity contribution in [3.05, 3.63) is 83.7 Å². The van der Waals surface area contributed by atoms with Crippen molar-refractivity contribution in [3.8, 4) is 0 Å². The molecular formula is C24H23N5O. The summed E-state index contributed by atoms with van der Waals surface area (Å²) in [5.74, 6) is 0. The highest BCUT2D eigenvalue weighted by Crippen LogP contribution is 2.35. The lowest BCUT2D eigenvalue weighted by Gasteiger charge is -2.20. The van der Waals surface area contributed by atoms with E-state index in [-0.39, 0.29) is 6.03 Å². The first-order valence-corrected chi connectivity index (χ1v) is 10.1. The molecule has 0 aliphatic carbocycles. The number of pyridine rings is 1. The number of amides is 2. The molecule has 2 aromatic carbocycles. The molecule has 6 heteroatoms. The van der Waals surface area contributed by atoms with Gasteiger partial charge in [-0.25, -0.2) is 9.78 Å². The monoisotopic (exact) mass is 397 g/mol. The number of nitrogens with zero attached hydrogens (tertiary/aromatic N) is 2. The van der Waals surface area contributed by atoms with E-state index in [1.807, 2.05) is 55.7 Å².